The number of aryl methyl sites for hydroxylation is 1. The van der Waals surface area contributed by atoms with Crippen molar-refractivity contribution < 1.29 is 9.50 Å². The second-order valence-electron chi connectivity index (χ2n) is 5.79. The molecule has 0 aliphatic heterocycles. The number of hydrogen-bond acceptors (Lipinski definition) is 3. The Balaban J connectivity index is 2.13. The van der Waals surface area contributed by atoms with Crippen LogP contribution in [0.5, 0.6) is 0 Å². The fourth-order valence-corrected chi connectivity index (χ4v) is 3.18. The van der Waals surface area contributed by atoms with Gasteiger partial charge in [-0.25, -0.2) is 4.39 Å². The lowest BCUT2D eigenvalue weighted by Gasteiger charge is -2.34. The molecule has 1 saturated carbocycles. The van der Waals surface area contributed by atoms with E-state index in [-0.39, 0.29) is 30.4 Å². The molecule has 0 saturated heterocycles. The van der Waals surface area contributed by atoms with Crippen LogP contribution in [0.3, 0.4) is 0 Å². The number of rotatable bonds is 5. The van der Waals surface area contributed by atoms with E-state index in [1.807, 2.05) is 6.92 Å². The summed E-state index contributed by atoms with van der Waals surface area (Å²) >= 11 is 0. The van der Waals surface area contributed by atoms with Crippen LogP contribution in [-0.4, -0.2) is 24.3 Å². The zero-order chi connectivity index (χ0) is 14.5. The van der Waals surface area contributed by atoms with E-state index in [1.54, 1.807) is 12.1 Å². The van der Waals surface area contributed by atoms with Gasteiger partial charge in [0.1, 0.15) is 5.82 Å². The fraction of sp³-hybridized carbons (Fsp3) is 0.625. The number of nitrogens with one attached hydrogen (secondary N) is 1. The van der Waals surface area contributed by atoms with Gasteiger partial charge in [0.05, 0.1) is 0 Å². The summed E-state index contributed by atoms with van der Waals surface area (Å²) in [5.41, 5.74) is 7.85. The highest BCUT2D eigenvalue weighted by Crippen LogP contribution is 2.27. The predicted molar refractivity (Wildman–Crippen MR) is 78.9 cm³/mol. The van der Waals surface area contributed by atoms with E-state index in [2.05, 4.69) is 5.32 Å². The van der Waals surface area contributed by atoms with Crippen LogP contribution in [0.1, 0.15) is 42.9 Å². The van der Waals surface area contributed by atoms with Gasteiger partial charge in [0.25, 0.3) is 0 Å². The number of aliphatic hydroxyl groups is 1. The smallest absolute Gasteiger partial charge is 0.123 e. The number of aliphatic hydroxyl groups excluding tert-OH is 1. The first-order valence-corrected chi connectivity index (χ1v) is 7.48. The Morgan fingerprint density at radius 1 is 1.40 bits per heavy atom. The third kappa shape index (κ3) is 3.57. The first kappa shape index (κ1) is 15.4. The van der Waals surface area contributed by atoms with Crippen molar-refractivity contribution in [1.29, 1.82) is 0 Å². The Hall–Kier alpha value is -0.970. The summed E-state index contributed by atoms with van der Waals surface area (Å²) in [6, 6.07) is 5.05. The Morgan fingerprint density at radius 2 is 2.15 bits per heavy atom. The maximum atomic E-state index is 13.5. The summed E-state index contributed by atoms with van der Waals surface area (Å²) in [6.07, 6.45) is 4.45. The first-order chi connectivity index (χ1) is 9.65. The van der Waals surface area contributed by atoms with Crippen molar-refractivity contribution in [2.75, 3.05) is 13.2 Å². The number of benzene rings is 1. The Kier molecular flexibility index (Phi) is 5.52. The normalized spacial score (nSPS) is 24.6. The molecule has 1 aliphatic carbocycles. The molecular formula is C16H25FN2O. The molecule has 0 bridgehead atoms. The van der Waals surface area contributed by atoms with Crippen LogP contribution in [0.25, 0.3) is 0 Å². The van der Waals surface area contributed by atoms with E-state index in [1.165, 1.54) is 18.9 Å². The van der Waals surface area contributed by atoms with Gasteiger partial charge in [0, 0.05) is 25.2 Å². The Bertz CT molecular complexity index is 438. The molecule has 4 N–H and O–H groups in total. The SMILES string of the molecule is Cc1ccc(F)cc1C(CN)NC1CCCCC1CO. The van der Waals surface area contributed by atoms with E-state index in [0.717, 1.165) is 24.0 Å². The van der Waals surface area contributed by atoms with Gasteiger partial charge < -0.3 is 16.2 Å². The average molecular weight is 280 g/mol. The number of halogens is 1. The highest BCUT2D eigenvalue weighted by atomic mass is 19.1. The molecule has 0 spiro atoms. The Morgan fingerprint density at radius 3 is 2.85 bits per heavy atom. The lowest BCUT2D eigenvalue weighted by atomic mass is 9.84. The molecule has 1 aromatic carbocycles. The molecule has 1 fully saturated rings. The molecule has 0 aromatic heterocycles. The van der Waals surface area contributed by atoms with Crippen LogP contribution < -0.4 is 11.1 Å². The molecule has 3 unspecified atom stereocenters. The molecule has 20 heavy (non-hydrogen) atoms. The molecule has 3 atom stereocenters. The van der Waals surface area contributed by atoms with E-state index in [9.17, 15) is 9.50 Å². The highest BCUT2D eigenvalue weighted by Gasteiger charge is 2.27. The van der Waals surface area contributed by atoms with Crippen molar-refractivity contribution in [2.24, 2.45) is 11.7 Å². The maximum absolute atomic E-state index is 13.5. The molecule has 1 aliphatic rings. The van der Waals surface area contributed by atoms with Crippen LogP contribution >= 0.6 is 0 Å². The van der Waals surface area contributed by atoms with Crippen LogP contribution in [-0.2, 0) is 0 Å². The van der Waals surface area contributed by atoms with E-state index < -0.39 is 0 Å². The lowest BCUT2D eigenvalue weighted by molar-refractivity contribution is 0.146. The minimum atomic E-state index is -0.229. The zero-order valence-electron chi connectivity index (χ0n) is 12.1. The highest BCUT2D eigenvalue weighted by molar-refractivity contribution is 5.30. The third-order valence-corrected chi connectivity index (χ3v) is 4.41. The molecular weight excluding hydrogens is 255 g/mol. The summed E-state index contributed by atoms with van der Waals surface area (Å²) in [7, 11) is 0. The minimum Gasteiger partial charge on any atom is -0.396 e. The standard InChI is InChI=1S/C16H25FN2O/c1-11-6-7-13(17)8-14(11)16(9-18)19-15-5-3-2-4-12(15)10-20/h6-8,12,15-16,19-20H,2-5,9-10,18H2,1H3. The van der Waals surface area contributed by atoms with Gasteiger partial charge >= 0.3 is 0 Å². The average Bonchev–Trinajstić information content (AvgIpc) is 2.48. The zero-order valence-corrected chi connectivity index (χ0v) is 12.1. The van der Waals surface area contributed by atoms with Crippen molar-refractivity contribution in [3.05, 3.63) is 35.1 Å². The van der Waals surface area contributed by atoms with E-state index in [4.69, 9.17) is 5.73 Å². The molecule has 3 nitrogen and oxygen atoms in total. The van der Waals surface area contributed by atoms with Crippen LogP contribution in [0, 0.1) is 18.7 Å². The van der Waals surface area contributed by atoms with Gasteiger partial charge in [-0.2, -0.15) is 0 Å². The fourth-order valence-electron chi connectivity index (χ4n) is 3.18. The molecule has 4 heteroatoms. The van der Waals surface area contributed by atoms with Crippen LogP contribution in [0.15, 0.2) is 18.2 Å². The van der Waals surface area contributed by atoms with Crippen molar-refractivity contribution in [3.63, 3.8) is 0 Å². The lowest BCUT2D eigenvalue weighted by Crippen LogP contribution is -2.44. The summed E-state index contributed by atoms with van der Waals surface area (Å²) in [4.78, 5) is 0. The van der Waals surface area contributed by atoms with Gasteiger partial charge in [-0.3, -0.25) is 0 Å². The largest absolute Gasteiger partial charge is 0.396 e. The van der Waals surface area contributed by atoms with Crippen LogP contribution in [0.2, 0.25) is 0 Å². The molecule has 0 radical (unpaired) electrons. The summed E-state index contributed by atoms with van der Waals surface area (Å²) in [6.45, 7) is 2.61. The monoisotopic (exact) mass is 280 g/mol. The number of hydrogen-bond donors (Lipinski definition) is 3. The molecule has 112 valence electrons. The van der Waals surface area contributed by atoms with Gasteiger partial charge in [0.2, 0.25) is 0 Å². The molecule has 1 aromatic rings. The van der Waals surface area contributed by atoms with E-state index >= 15 is 0 Å². The third-order valence-electron chi connectivity index (χ3n) is 4.41. The predicted octanol–water partition coefficient (Wildman–Crippen LogP) is 2.27. The molecule has 0 heterocycles. The topological polar surface area (TPSA) is 58.3 Å². The van der Waals surface area contributed by atoms with Crippen molar-refractivity contribution >= 4 is 0 Å². The maximum Gasteiger partial charge on any atom is 0.123 e. The van der Waals surface area contributed by atoms with Gasteiger partial charge in [-0.15, -0.1) is 0 Å². The Labute approximate surface area is 120 Å². The second-order valence-corrected chi connectivity index (χ2v) is 5.79. The second kappa shape index (κ2) is 7.16. The van der Waals surface area contributed by atoms with Gasteiger partial charge in [0.15, 0.2) is 0 Å². The van der Waals surface area contributed by atoms with Crippen molar-refractivity contribution in [2.45, 2.75) is 44.7 Å². The quantitative estimate of drug-likeness (QED) is 0.775. The first-order valence-electron chi connectivity index (χ1n) is 7.48. The molecule has 2 rings (SSSR count). The van der Waals surface area contributed by atoms with Gasteiger partial charge in [-0.05, 0) is 48.9 Å². The van der Waals surface area contributed by atoms with Crippen LogP contribution in [0.4, 0.5) is 4.39 Å². The molecule has 0 amide bonds. The van der Waals surface area contributed by atoms with Crippen molar-refractivity contribution in [3.8, 4) is 0 Å². The minimum absolute atomic E-state index is 0.0529. The summed E-state index contributed by atoms with van der Waals surface area (Å²) in [5.74, 6) is 0.0554. The number of nitrogens with two attached hydrogens (primary N) is 1. The summed E-state index contributed by atoms with van der Waals surface area (Å²) in [5, 5.41) is 13.0. The van der Waals surface area contributed by atoms with Crippen molar-refractivity contribution in [1.82, 2.24) is 5.32 Å². The summed E-state index contributed by atoms with van der Waals surface area (Å²) < 4.78 is 13.5. The van der Waals surface area contributed by atoms with Gasteiger partial charge in [-0.1, -0.05) is 18.9 Å². The van der Waals surface area contributed by atoms with E-state index in [0.29, 0.717) is 6.54 Å².